The average molecular weight is 392 g/mol. The molecule has 0 aromatic heterocycles. The molecular formula is C24H28N2O3. The van der Waals surface area contributed by atoms with E-state index in [0.29, 0.717) is 29.6 Å². The number of nitriles is 1. The van der Waals surface area contributed by atoms with E-state index in [0.717, 1.165) is 12.0 Å². The van der Waals surface area contributed by atoms with Crippen LogP contribution in [0.25, 0.3) is 6.08 Å². The zero-order valence-corrected chi connectivity index (χ0v) is 17.4. The van der Waals surface area contributed by atoms with Gasteiger partial charge in [-0.1, -0.05) is 50.2 Å². The first-order chi connectivity index (χ1) is 13.9. The van der Waals surface area contributed by atoms with E-state index in [4.69, 9.17) is 9.47 Å². The molecule has 0 unspecified atom stereocenters. The molecule has 1 amide bonds. The summed E-state index contributed by atoms with van der Waals surface area (Å²) in [6, 6.07) is 16.8. The second kappa shape index (κ2) is 10.9. The lowest BCUT2D eigenvalue weighted by atomic mass is 10.1. The summed E-state index contributed by atoms with van der Waals surface area (Å²) >= 11 is 0. The van der Waals surface area contributed by atoms with Crippen LogP contribution >= 0.6 is 0 Å². The van der Waals surface area contributed by atoms with Gasteiger partial charge in [0.1, 0.15) is 11.6 Å². The molecule has 0 saturated carbocycles. The van der Waals surface area contributed by atoms with Crippen molar-refractivity contribution in [1.82, 2.24) is 5.32 Å². The van der Waals surface area contributed by atoms with Gasteiger partial charge in [-0.2, -0.15) is 5.26 Å². The maximum absolute atomic E-state index is 12.5. The minimum absolute atomic E-state index is 0.0308. The number of nitrogens with zero attached hydrogens (tertiary/aromatic N) is 1. The summed E-state index contributed by atoms with van der Waals surface area (Å²) in [6.07, 6.45) is 2.50. The fourth-order valence-corrected chi connectivity index (χ4v) is 2.71. The smallest absolute Gasteiger partial charge is 0.262 e. The second-order valence-electron chi connectivity index (χ2n) is 7.22. The van der Waals surface area contributed by atoms with E-state index in [9.17, 15) is 10.1 Å². The molecule has 0 aliphatic rings. The Hall–Kier alpha value is -3.26. The fraction of sp³-hybridized carbons (Fsp3) is 0.333. The third-order valence-corrected chi connectivity index (χ3v) is 4.46. The number of nitrogens with one attached hydrogen (secondary N) is 1. The summed E-state index contributed by atoms with van der Waals surface area (Å²) in [6.45, 7) is 6.77. The van der Waals surface area contributed by atoms with Crippen molar-refractivity contribution in [2.24, 2.45) is 5.92 Å². The molecule has 1 N–H and O–H groups in total. The molecule has 2 aromatic carbocycles. The summed E-state index contributed by atoms with van der Waals surface area (Å²) in [5, 5.41) is 12.3. The first-order valence-corrected chi connectivity index (χ1v) is 9.73. The molecule has 0 heterocycles. The van der Waals surface area contributed by atoms with Crippen molar-refractivity contribution in [2.45, 2.75) is 33.2 Å². The van der Waals surface area contributed by atoms with Crippen LogP contribution in [0, 0.1) is 17.2 Å². The predicted octanol–water partition coefficient (Wildman–Crippen LogP) is 4.90. The molecule has 152 valence electrons. The van der Waals surface area contributed by atoms with E-state index in [1.807, 2.05) is 43.3 Å². The van der Waals surface area contributed by atoms with Crippen LogP contribution in [0.1, 0.15) is 44.4 Å². The van der Waals surface area contributed by atoms with Gasteiger partial charge in [0.25, 0.3) is 5.91 Å². The number of hydrogen-bond donors (Lipinski definition) is 1. The van der Waals surface area contributed by atoms with Gasteiger partial charge >= 0.3 is 0 Å². The van der Waals surface area contributed by atoms with E-state index in [1.165, 1.54) is 0 Å². The summed E-state index contributed by atoms with van der Waals surface area (Å²) in [5.74, 6) is 1.35. The largest absolute Gasteiger partial charge is 0.493 e. The number of carbonyl (C=O) groups excluding carboxylic acids is 1. The molecule has 0 saturated heterocycles. The average Bonchev–Trinajstić information content (AvgIpc) is 2.72. The van der Waals surface area contributed by atoms with Crippen LogP contribution in [0.4, 0.5) is 0 Å². The normalized spacial score (nSPS) is 12.2. The second-order valence-corrected chi connectivity index (χ2v) is 7.22. The van der Waals surface area contributed by atoms with Crippen LogP contribution in [0.2, 0.25) is 0 Å². The molecule has 5 nitrogen and oxygen atoms in total. The number of amides is 1. The Labute approximate surface area is 173 Å². The molecule has 2 aromatic rings. The number of carbonyl (C=O) groups is 1. The van der Waals surface area contributed by atoms with Crippen molar-refractivity contribution < 1.29 is 14.3 Å². The van der Waals surface area contributed by atoms with Gasteiger partial charge in [-0.3, -0.25) is 4.79 Å². The number of ether oxygens (including phenoxy) is 2. The number of methoxy groups -OCH3 is 1. The van der Waals surface area contributed by atoms with Gasteiger partial charge in [-0.25, -0.2) is 0 Å². The lowest BCUT2D eigenvalue weighted by Gasteiger charge is -2.14. The Morgan fingerprint density at radius 2 is 1.86 bits per heavy atom. The third kappa shape index (κ3) is 6.69. The molecule has 0 aliphatic heterocycles. The van der Waals surface area contributed by atoms with Gasteiger partial charge in [0, 0.05) is 0 Å². The van der Waals surface area contributed by atoms with Gasteiger partial charge in [-0.05, 0) is 48.6 Å². The minimum Gasteiger partial charge on any atom is -0.493 e. The molecule has 0 bridgehead atoms. The molecule has 29 heavy (non-hydrogen) atoms. The minimum atomic E-state index is -0.417. The Balaban J connectivity index is 2.13. The highest BCUT2D eigenvalue weighted by atomic mass is 16.5. The Bertz CT molecular complexity index is 883. The Morgan fingerprint density at radius 3 is 2.48 bits per heavy atom. The van der Waals surface area contributed by atoms with Gasteiger partial charge in [0.2, 0.25) is 0 Å². The summed E-state index contributed by atoms with van der Waals surface area (Å²) in [5.41, 5.74) is 1.70. The summed E-state index contributed by atoms with van der Waals surface area (Å²) in [7, 11) is 1.57. The Kier molecular flexibility index (Phi) is 8.29. The van der Waals surface area contributed by atoms with Gasteiger partial charge < -0.3 is 14.8 Å². The van der Waals surface area contributed by atoms with E-state index < -0.39 is 5.91 Å². The van der Waals surface area contributed by atoms with Crippen molar-refractivity contribution in [1.29, 1.82) is 5.26 Å². The quantitative estimate of drug-likeness (QED) is 0.486. The van der Waals surface area contributed by atoms with Crippen molar-refractivity contribution in [3.63, 3.8) is 0 Å². The van der Waals surface area contributed by atoms with Crippen LogP contribution in [0.3, 0.4) is 0 Å². The molecule has 0 fully saturated rings. The van der Waals surface area contributed by atoms with E-state index in [1.54, 1.807) is 31.4 Å². The summed E-state index contributed by atoms with van der Waals surface area (Å²) in [4.78, 5) is 12.5. The van der Waals surface area contributed by atoms with Crippen LogP contribution in [-0.2, 0) is 4.79 Å². The lowest BCUT2D eigenvalue weighted by Crippen LogP contribution is -2.27. The number of rotatable bonds is 9. The van der Waals surface area contributed by atoms with Gasteiger partial charge in [0.05, 0.1) is 19.8 Å². The zero-order valence-electron chi connectivity index (χ0n) is 17.4. The highest BCUT2D eigenvalue weighted by Gasteiger charge is 2.14. The lowest BCUT2D eigenvalue weighted by molar-refractivity contribution is -0.117. The Morgan fingerprint density at radius 1 is 1.14 bits per heavy atom. The summed E-state index contributed by atoms with van der Waals surface area (Å²) < 4.78 is 11.2. The zero-order chi connectivity index (χ0) is 21.2. The molecule has 1 atom stereocenters. The third-order valence-electron chi connectivity index (χ3n) is 4.46. The number of hydrogen-bond acceptors (Lipinski definition) is 4. The maximum Gasteiger partial charge on any atom is 0.262 e. The maximum atomic E-state index is 12.5. The van der Waals surface area contributed by atoms with Crippen LogP contribution in [0.15, 0.2) is 54.1 Å². The molecule has 0 radical (unpaired) electrons. The fourth-order valence-electron chi connectivity index (χ4n) is 2.71. The predicted molar refractivity (Wildman–Crippen MR) is 115 cm³/mol. The van der Waals surface area contributed by atoms with Crippen LogP contribution < -0.4 is 14.8 Å². The molecule has 5 heteroatoms. The molecular weight excluding hydrogens is 364 g/mol. The molecule has 2 rings (SSSR count). The van der Waals surface area contributed by atoms with E-state index >= 15 is 0 Å². The topological polar surface area (TPSA) is 71.3 Å². The van der Waals surface area contributed by atoms with E-state index in [-0.39, 0.29) is 11.6 Å². The molecule has 0 aliphatic carbocycles. The van der Waals surface area contributed by atoms with Crippen molar-refractivity contribution in [3.8, 4) is 17.6 Å². The first kappa shape index (κ1) is 22.0. The standard InChI is InChI=1S/C24H28N2O3/c1-17(2)12-13-29-22-11-10-19(15-23(22)28-4)14-21(16-25)24(27)26-18(3)20-8-6-5-7-9-20/h5-11,14-15,17-18H,12-13H2,1-4H3,(H,26,27)/b21-14+/t18-/m0/s1. The van der Waals surface area contributed by atoms with Crippen LogP contribution in [-0.4, -0.2) is 19.6 Å². The van der Waals surface area contributed by atoms with E-state index in [2.05, 4.69) is 19.2 Å². The van der Waals surface area contributed by atoms with Crippen LogP contribution in [0.5, 0.6) is 11.5 Å². The highest BCUT2D eigenvalue weighted by molar-refractivity contribution is 6.01. The van der Waals surface area contributed by atoms with Crippen molar-refractivity contribution in [2.75, 3.05) is 13.7 Å². The monoisotopic (exact) mass is 392 g/mol. The highest BCUT2D eigenvalue weighted by Crippen LogP contribution is 2.29. The van der Waals surface area contributed by atoms with Gasteiger partial charge in [0.15, 0.2) is 11.5 Å². The molecule has 0 spiro atoms. The van der Waals surface area contributed by atoms with Crippen molar-refractivity contribution in [3.05, 3.63) is 65.2 Å². The van der Waals surface area contributed by atoms with Crippen molar-refractivity contribution >= 4 is 12.0 Å². The first-order valence-electron chi connectivity index (χ1n) is 9.73. The SMILES string of the molecule is COc1cc(/C=C(\C#N)C(=O)N[C@@H](C)c2ccccc2)ccc1OCCC(C)C. The van der Waals surface area contributed by atoms with Gasteiger partial charge in [-0.15, -0.1) is 0 Å². The number of benzene rings is 2.